The van der Waals surface area contributed by atoms with Crippen LogP contribution in [-0.2, 0) is 0 Å². The molecule has 1 N–H and O–H groups in total. The number of hydrogen-bond acceptors (Lipinski definition) is 2. The van der Waals surface area contributed by atoms with Crippen LogP contribution in [-0.4, -0.2) is 11.1 Å². The summed E-state index contributed by atoms with van der Waals surface area (Å²) in [6.45, 7) is 0. The van der Waals surface area contributed by atoms with E-state index in [4.69, 9.17) is 16.7 Å². The Morgan fingerprint density at radius 2 is 2.21 bits per heavy atom. The van der Waals surface area contributed by atoms with Gasteiger partial charge < -0.3 is 5.11 Å². The molecule has 0 radical (unpaired) electrons. The molecule has 0 saturated carbocycles. The van der Waals surface area contributed by atoms with E-state index in [0.717, 1.165) is 13.7 Å². The summed E-state index contributed by atoms with van der Waals surface area (Å²) in [5.41, 5.74) is 0. The van der Waals surface area contributed by atoms with Gasteiger partial charge in [-0.05, 0) is 28.7 Å². The molecule has 0 saturated heterocycles. The number of halogens is 2. The predicted molar refractivity (Wildman–Crippen MR) is 66.5 cm³/mol. The highest BCUT2D eigenvalue weighted by Crippen LogP contribution is 2.37. The standard InChI is InChI=1S/C9H4ClIO2S/c10-6-4-2-1-3-5(11)7(4)14-8(6)9(12)13/h1-3H,(H,12,13). The van der Waals surface area contributed by atoms with E-state index in [1.165, 1.54) is 11.3 Å². The van der Waals surface area contributed by atoms with Crippen LogP contribution in [0, 0.1) is 3.57 Å². The van der Waals surface area contributed by atoms with Gasteiger partial charge in [0.2, 0.25) is 0 Å². The van der Waals surface area contributed by atoms with Gasteiger partial charge >= 0.3 is 5.97 Å². The van der Waals surface area contributed by atoms with Crippen LogP contribution in [0.2, 0.25) is 5.02 Å². The second kappa shape index (κ2) is 3.67. The minimum atomic E-state index is -0.966. The van der Waals surface area contributed by atoms with Gasteiger partial charge in [0.15, 0.2) is 0 Å². The number of carbonyl (C=O) groups is 1. The number of aromatic carboxylic acids is 1. The van der Waals surface area contributed by atoms with Crippen LogP contribution in [0.25, 0.3) is 10.1 Å². The lowest BCUT2D eigenvalue weighted by Crippen LogP contribution is -1.91. The second-order valence-corrected chi connectivity index (χ2v) is 5.23. The molecule has 0 atom stereocenters. The summed E-state index contributed by atoms with van der Waals surface area (Å²) in [7, 11) is 0. The number of rotatable bonds is 1. The second-order valence-electron chi connectivity index (χ2n) is 2.67. The quantitative estimate of drug-likeness (QED) is 0.802. The summed E-state index contributed by atoms with van der Waals surface area (Å²) in [5, 5.41) is 10.0. The third kappa shape index (κ3) is 1.51. The zero-order chi connectivity index (χ0) is 10.3. The minimum absolute atomic E-state index is 0.214. The van der Waals surface area contributed by atoms with E-state index in [1.807, 2.05) is 18.2 Å². The molecule has 2 aromatic rings. The summed E-state index contributed by atoms with van der Waals surface area (Å²) >= 11 is 9.34. The van der Waals surface area contributed by atoms with E-state index < -0.39 is 5.97 Å². The lowest BCUT2D eigenvalue weighted by Gasteiger charge is -1.91. The van der Waals surface area contributed by atoms with Gasteiger partial charge in [-0.3, -0.25) is 0 Å². The van der Waals surface area contributed by atoms with Crippen LogP contribution in [0.5, 0.6) is 0 Å². The van der Waals surface area contributed by atoms with Crippen molar-refractivity contribution >= 4 is 61.6 Å². The largest absolute Gasteiger partial charge is 0.477 e. The molecule has 14 heavy (non-hydrogen) atoms. The Morgan fingerprint density at radius 1 is 1.50 bits per heavy atom. The van der Waals surface area contributed by atoms with Gasteiger partial charge in [-0.25, -0.2) is 4.79 Å². The molecule has 5 heteroatoms. The molecule has 0 aliphatic carbocycles. The maximum atomic E-state index is 10.8. The molecule has 0 unspecified atom stereocenters. The first-order valence-electron chi connectivity index (χ1n) is 3.71. The zero-order valence-electron chi connectivity index (χ0n) is 6.75. The molecular formula is C9H4ClIO2S. The molecule has 0 aliphatic heterocycles. The summed E-state index contributed by atoms with van der Waals surface area (Å²) < 4.78 is 1.97. The normalized spacial score (nSPS) is 10.7. The molecule has 72 valence electrons. The van der Waals surface area contributed by atoms with E-state index in [0.29, 0.717) is 5.02 Å². The average molecular weight is 339 g/mol. The van der Waals surface area contributed by atoms with Gasteiger partial charge in [0.1, 0.15) is 4.88 Å². The highest BCUT2D eigenvalue weighted by Gasteiger charge is 2.16. The first-order valence-corrected chi connectivity index (χ1v) is 5.98. The van der Waals surface area contributed by atoms with Crippen LogP contribution < -0.4 is 0 Å². The molecule has 0 spiro atoms. The predicted octanol–water partition coefficient (Wildman–Crippen LogP) is 3.86. The van der Waals surface area contributed by atoms with E-state index in [9.17, 15) is 4.79 Å². The van der Waals surface area contributed by atoms with Gasteiger partial charge in [0, 0.05) is 8.96 Å². The van der Waals surface area contributed by atoms with Crippen LogP contribution in [0.4, 0.5) is 0 Å². The molecule has 0 fully saturated rings. The van der Waals surface area contributed by atoms with Crippen LogP contribution >= 0.6 is 45.5 Å². The number of benzene rings is 1. The van der Waals surface area contributed by atoms with Crippen molar-refractivity contribution < 1.29 is 9.90 Å². The Bertz CT molecular complexity index is 521. The summed E-state index contributed by atoms with van der Waals surface area (Å²) in [4.78, 5) is 11.0. The van der Waals surface area contributed by atoms with Crippen molar-refractivity contribution in [1.29, 1.82) is 0 Å². The molecule has 1 aromatic heterocycles. The number of thiophene rings is 1. The maximum absolute atomic E-state index is 10.8. The van der Waals surface area contributed by atoms with Crippen molar-refractivity contribution in [3.05, 3.63) is 31.7 Å². The molecule has 0 aliphatic rings. The van der Waals surface area contributed by atoms with Gasteiger partial charge in [0.05, 0.1) is 9.72 Å². The van der Waals surface area contributed by atoms with Gasteiger partial charge in [0.25, 0.3) is 0 Å². The Kier molecular flexibility index (Phi) is 2.68. The Labute approximate surface area is 103 Å². The SMILES string of the molecule is O=C(O)c1sc2c(I)cccc2c1Cl. The van der Waals surface area contributed by atoms with Gasteiger partial charge in [-0.15, -0.1) is 11.3 Å². The third-order valence-corrected chi connectivity index (χ3v) is 4.80. The molecular weight excluding hydrogens is 335 g/mol. The lowest BCUT2D eigenvalue weighted by atomic mass is 10.2. The van der Waals surface area contributed by atoms with Crippen molar-refractivity contribution in [3.8, 4) is 0 Å². The zero-order valence-corrected chi connectivity index (χ0v) is 10.5. The first kappa shape index (κ1) is 10.2. The molecule has 2 rings (SSSR count). The fourth-order valence-electron chi connectivity index (χ4n) is 1.19. The van der Waals surface area contributed by atoms with Crippen molar-refractivity contribution in [3.63, 3.8) is 0 Å². The smallest absolute Gasteiger partial charge is 0.347 e. The molecule has 1 heterocycles. The van der Waals surface area contributed by atoms with Crippen molar-refractivity contribution in [2.45, 2.75) is 0 Å². The fraction of sp³-hybridized carbons (Fsp3) is 0. The van der Waals surface area contributed by atoms with Crippen molar-refractivity contribution in [2.75, 3.05) is 0 Å². The summed E-state index contributed by atoms with van der Waals surface area (Å²) in [6, 6.07) is 5.64. The number of carboxylic acid groups (broad SMARTS) is 1. The third-order valence-electron chi connectivity index (χ3n) is 1.80. The molecule has 1 aromatic carbocycles. The Morgan fingerprint density at radius 3 is 2.79 bits per heavy atom. The number of fused-ring (bicyclic) bond motifs is 1. The van der Waals surface area contributed by atoms with E-state index in [-0.39, 0.29) is 4.88 Å². The van der Waals surface area contributed by atoms with Crippen LogP contribution in [0.15, 0.2) is 18.2 Å². The topological polar surface area (TPSA) is 37.3 Å². The van der Waals surface area contributed by atoms with Gasteiger partial charge in [-0.1, -0.05) is 23.7 Å². The molecule has 0 amide bonds. The Balaban J connectivity index is 2.86. The van der Waals surface area contributed by atoms with E-state index in [2.05, 4.69) is 22.6 Å². The first-order chi connectivity index (χ1) is 6.61. The van der Waals surface area contributed by atoms with Crippen molar-refractivity contribution in [2.24, 2.45) is 0 Å². The minimum Gasteiger partial charge on any atom is -0.477 e. The summed E-state index contributed by atoms with van der Waals surface area (Å²) in [5.74, 6) is -0.966. The van der Waals surface area contributed by atoms with Crippen LogP contribution in [0.3, 0.4) is 0 Å². The molecule has 0 bridgehead atoms. The van der Waals surface area contributed by atoms with Gasteiger partial charge in [-0.2, -0.15) is 0 Å². The Hall–Kier alpha value is -0.330. The lowest BCUT2D eigenvalue weighted by molar-refractivity contribution is 0.0702. The van der Waals surface area contributed by atoms with Crippen molar-refractivity contribution in [1.82, 2.24) is 0 Å². The van der Waals surface area contributed by atoms with E-state index in [1.54, 1.807) is 0 Å². The van der Waals surface area contributed by atoms with Crippen LogP contribution in [0.1, 0.15) is 9.67 Å². The number of carboxylic acids is 1. The fourth-order valence-corrected chi connectivity index (χ4v) is 3.37. The maximum Gasteiger partial charge on any atom is 0.347 e. The molecule has 2 nitrogen and oxygen atoms in total. The van der Waals surface area contributed by atoms with E-state index >= 15 is 0 Å². The number of hydrogen-bond donors (Lipinski definition) is 1. The highest BCUT2D eigenvalue weighted by molar-refractivity contribution is 14.1. The monoisotopic (exact) mass is 338 g/mol. The summed E-state index contributed by atoms with van der Waals surface area (Å²) in [6.07, 6.45) is 0. The average Bonchev–Trinajstić information content (AvgIpc) is 2.46. The highest BCUT2D eigenvalue weighted by atomic mass is 127.